The fraction of sp³-hybridized carbons (Fsp3) is 0.909. The Morgan fingerprint density at radius 1 is 1.31 bits per heavy atom. The number of hydrogen-bond acceptors (Lipinski definition) is 4. The summed E-state index contributed by atoms with van der Waals surface area (Å²) < 4.78 is 0. The van der Waals surface area contributed by atoms with E-state index in [2.05, 4.69) is 29.5 Å². The minimum Gasteiger partial charge on any atom is -0.338 e. The quantitative estimate of drug-likeness (QED) is 0.584. The van der Waals surface area contributed by atoms with Crippen LogP contribution < -0.4 is 10.6 Å². The summed E-state index contributed by atoms with van der Waals surface area (Å²) in [5.41, 5.74) is 0. The highest BCUT2D eigenvalue weighted by Gasteiger charge is 2.29. The van der Waals surface area contributed by atoms with E-state index in [-0.39, 0.29) is 11.9 Å². The summed E-state index contributed by atoms with van der Waals surface area (Å²) in [5, 5.41) is 6.53. The van der Waals surface area contributed by atoms with E-state index in [1.54, 1.807) is 0 Å². The first-order valence-corrected chi connectivity index (χ1v) is 6.11. The van der Waals surface area contributed by atoms with E-state index in [1.165, 1.54) is 0 Å². The normalized spacial score (nSPS) is 32.8. The summed E-state index contributed by atoms with van der Waals surface area (Å²) in [6.07, 6.45) is 0. The lowest BCUT2D eigenvalue weighted by Gasteiger charge is -2.39. The summed E-state index contributed by atoms with van der Waals surface area (Å²) in [4.78, 5) is 16.5. The first-order valence-electron chi connectivity index (χ1n) is 6.11. The van der Waals surface area contributed by atoms with Crippen LogP contribution in [0.25, 0.3) is 0 Å². The fourth-order valence-electron chi connectivity index (χ4n) is 2.30. The van der Waals surface area contributed by atoms with E-state index in [4.69, 9.17) is 0 Å². The molecule has 16 heavy (non-hydrogen) atoms. The van der Waals surface area contributed by atoms with Crippen LogP contribution in [0.2, 0.25) is 0 Å². The molecule has 0 aliphatic carbocycles. The molecule has 2 fully saturated rings. The Balaban J connectivity index is 1.89. The molecular formula is C11H22N4O. The highest BCUT2D eigenvalue weighted by Crippen LogP contribution is 2.08. The molecule has 0 aromatic rings. The molecule has 2 rings (SSSR count). The number of carbonyl (C=O) groups is 1. The zero-order valence-corrected chi connectivity index (χ0v) is 10.2. The molecular weight excluding hydrogens is 204 g/mol. The number of rotatable bonds is 1. The molecule has 0 bridgehead atoms. The number of likely N-dealkylation sites (N-methyl/N-ethyl adjacent to an activating group) is 1. The third-order valence-corrected chi connectivity index (χ3v) is 3.61. The average molecular weight is 226 g/mol. The van der Waals surface area contributed by atoms with E-state index in [0.717, 1.165) is 39.3 Å². The maximum absolute atomic E-state index is 12.2. The highest BCUT2D eigenvalue weighted by molar-refractivity contribution is 5.82. The SMILES string of the molecule is CC1CN(C(=O)C2CNCCN2)CCN1C. The summed E-state index contributed by atoms with van der Waals surface area (Å²) in [5.74, 6) is 0.257. The van der Waals surface area contributed by atoms with E-state index >= 15 is 0 Å². The van der Waals surface area contributed by atoms with Crippen molar-refractivity contribution in [2.75, 3.05) is 46.3 Å². The first kappa shape index (κ1) is 11.8. The van der Waals surface area contributed by atoms with Gasteiger partial charge in [0.25, 0.3) is 0 Å². The first-order chi connectivity index (χ1) is 7.68. The summed E-state index contributed by atoms with van der Waals surface area (Å²) >= 11 is 0. The molecule has 2 aliphatic rings. The number of nitrogens with zero attached hydrogens (tertiary/aromatic N) is 2. The van der Waals surface area contributed by atoms with Crippen LogP contribution in [0.3, 0.4) is 0 Å². The average Bonchev–Trinajstić information content (AvgIpc) is 2.33. The van der Waals surface area contributed by atoms with Gasteiger partial charge in [-0.2, -0.15) is 0 Å². The Hall–Kier alpha value is -0.650. The predicted octanol–water partition coefficient (Wildman–Crippen LogP) is -1.29. The van der Waals surface area contributed by atoms with Crippen molar-refractivity contribution in [2.24, 2.45) is 0 Å². The Kier molecular flexibility index (Phi) is 3.78. The fourth-order valence-corrected chi connectivity index (χ4v) is 2.30. The van der Waals surface area contributed by atoms with Crippen LogP contribution in [0.5, 0.6) is 0 Å². The van der Waals surface area contributed by atoms with Crippen LogP contribution in [0, 0.1) is 0 Å². The van der Waals surface area contributed by atoms with Crippen molar-refractivity contribution in [3.63, 3.8) is 0 Å². The van der Waals surface area contributed by atoms with Gasteiger partial charge < -0.3 is 20.4 Å². The zero-order valence-electron chi connectivity index (χ0n) is 10.2. The minimum absolute atomic E-state index is 0.0237. The Morgan fingerprint density at radius 2 is 2.12 bits per heavy atom. The van der Waals surface area contributed by atoms with Crippen molar-refractivity contribution >= 4 is 5.91 Å². The molecule has 0 saturated carbocycles. The maximum atomic E-state index is 12.2. The van der Waals surface area contributed by atoms with Crippen LogP contribution in [0.4, 0.5) is 0 Å². The van der Waals surface area contributed by atoms with Gasteiger partial charge in [-0.3, -0.25) is 4.79 Å². The van der Waals surface area contributed by atoms with Crippen LogP contribution in [-0.2, 0) is 4.79 Å². The van der Waals surface area contributed by atoms with Crippen LogP contribution in [0.15, 0.2) is 0 Å². The molecule has 2 heterocycles. The minimum atomic E-state index is -0.0237. The second-order valence-electron chi connectivity index (χ2n) is 4.82. The standard InChI is InChI=1S/C11H22N4O/c1-9-8-15(6-5-14(9)2)11(16)10-7-12-3-4-13-10/h9-10,12-13H,3-8H2,1-2H3. The van der Waals surface area contributed by atoms with Gasteiger partial charge in [0.05, 0.1) is 6.04 Å². The van der Waals surface area contributed by atoms with Crippen molar-refractivity contribution in [3.05, 3.63) is 0 Å². The highest BCUT2D eigenvalue weighted by atomic mass is 16.2. The van der Waals surface area contributed by atoms with Crippen LogP contribution >= 0.6 is 0 Å². The number of piperazine rings is 2. The lowest BCUT2D eigenvalue weighted by Crippen LogP contribution is -2.60. The van der Waals surface area contributed by atoms with E-state index in [0.29, 0.717) is 6.04 Å². The summed E-state index contributed by atoms with van der Waals surface area (Å²) in [7, 11) is 2.12. The smallest absolute Gasteiger partial charge is 0.241 e. The van der Waals surface area contributed by atoms with E-state index in [9.17, 15) is 4.79 Å². The van der Waals surface area contributed by atoms with Crippen molar-refractivity contribution in [1.82, 2.24) is 20.4 Å². The van der Waals surface area contributed by atoms with Gasteiger partial charge in [-0.25, -0.2) is 0 Å². The maximum Gasteiger partial charge on any atom is 0.241 e. The van der Waals surface area contributed by atoms with Crippen molar-refractivity contribution in [1.29, 1.82) is 0 Å². The van der Waals surface area contributed by atoms with E-state index in [1.807, 2.05) is 4.90 Å². The Bertz CT molecular complexity index is 252. The van der Waals surface area contributed by atoms with Gasteiger partial charge >= 0.3 is 0 Å². The van der Waals surface area contributed by atoms with Crippen LogP contribution in [0.1, 0.15) is 6.92 Å². The van der Waals surface area contributed by atoms with Crippen molar-refractivity contribution in [2.45, 2.75) is 19.0 Å². The molecule has 2 aliphatic heterocycles. The second kappa shape index (κ2) is 5.12. The monoisotopic (exact) mass is 226 g/mol. The molecule has 2 atom stereocenters. The molecule has 0 aromatic heterocycles. The predicted molar refractivity (Wildman–Crippen MR) is 63.3 cm³/mol. The number of hydrogen-bond donors (Lipinski definition) is 2. The molecule has 92 valence electrons. The molecule has 5 heteroatoms. The van der Waals surface area contributed by atoms with E-state index < -0.39 is 0 Å². The van der Waals surface area contributed by atoms with Gasteiger partial charge in [-0.15, -0.1) is 0 Å². The number of nitrogens with one attached hydrogen (secondary N) is 2. The lowest BCUT2D eigenvalue weighted by atomic mass is 10.1. The zero-order chi connectivity index (χ0) is 11.5. The van der Waals surface area contributed by atoms with Gasteiger partial charge in [-0.1, -0.05) is 0 Å². The topological polar surface area (TPSA) is 47.6 Å². The molecule has 2 unspecified atom stereocenters. The van der Waals surface area contributed by atoms with Crippen LogP contribution in [-0.4, -0.2) is 74.1 Å². The lowest BCUT2D eigenvalue weighted by molar-refractivity contribution is -0.136. The third-order valence-electron chi connectivity index (χ3n) is 3.61. The van der Waals surface area contributed by atoms with Gasteiger partial charge in [0, 0.05) is 45.3 Å². The second-order valence-corrected chi connectivity index (χ2v) is 4.82. The number of amides is 1. The molecule has 5 nitrogen and oxygen atoms in total. The summed E-state index contributed by atoms with van der Waals surface area (Å²) in [6.45, 7) is 7.48. The third kappa shape index (κ3) is 2.53. The molecule has 0 spiro atoms. The van der Waals surface area contributed by atoms with Gasteiger partial charge in [0.2, 0.25) is 5.91 Å². The molecule has 1 amide bonds. The van der Waals surface area contributed by atoms with Crippen molar-refractivity contribution in [3.8, 4) is 0 Å². The molecule has 2 saturated heterocycles. The summed E-state index contributed by atoms with van der Waals surface area (Å²) in [6, 6.07) is 0.443. The van der Waals surface area contributed by atoms with Crippen molar-refractivity contribution < 1.29 is 4.79 Å². The Morgan fingerprint density at radius 3 is 2.75 bits per heavy atom. The molecule has 2 N–H and O–H groups in total. The van der Waals surface area contributed by atoms with Gasteiger partial charge in [0.15, 0.2) is 0 Å². The molecule has 0 aromatic carbocycles. The van der Waals surface area contributed by atoms with Gasteiger partial charge in [0.1, 0.15) is 0 Å². The molecule has 0 radical (unpaired) electrons. The number of carbonyl (C=O) groups excluding carboxylic acids is 1. The van der Waals surface area contributed by atoms with Gasteiger partial charge in [-0.05, 0) is 14.0 Å². The largest absolute Gasteiger partial charge is 0.338 e. The Labute approximate surface area is 97.2 Å².